The van der Waals surface area contributed by atoms with E-state index in [-0.39, 0.29) is 5.78 Å². The number of rotatable bonds is 6. The molecular formula is C18H20BNO3. The number of fused-ring (bicyclic) bond motifs is 1. The van der Waals surface area contributed by atoms with Crippen molar-refractivity contribution < 1.29 is 14.5 Å². The van der Waals surface area contributed by atoms with E-state index in [2.05, 4.69) is 0 Å². The SMILES string of the molecule is NCc1ccc(CC(=O)CCc2cccc3c2B(O)OC3)cc1. The zero-order valence-corrected chi connectivity index (χ0v) is 13.0. The Hall–Kier alpha value is -1.95. The monoisotopic (exact) mass is 309 g/mol. The highest BCUT2D eigenvalue weighted by Crippen LogP contribution is 2.15. The maximum absolute atomic E-state index is 12.2. The lowest BCUT2D eigenvalue weighted by atomic mass is 9.75. The Kier molecular flexibility index (Phi) is 4.91. The summed E-state index contributed by atoms with van der Waals surface area (Å²) in [7, 11) is -0.861. The number of Topliss-reactive ketones (excluding diaryl/α,β-unsaturated/α-hetero) is 1. The van der Waals surface area contributed by atoms with Crippen molar-refractivity contribution in [1.82, 2.24) is 0 Å². The van der Waals surface area contributed by atoms with E-state index in [1.165, 1.54) is 0 Å². The molecule has 2 aromatic rings. The van der Waals surface area contributed by atoms with Gasteiger partial charge in [0.25, 0.3) is 0 Å². The number of hydrogen-bond acceptors (Lipinski definition) is 4. The molecule has 0 saturated carbocycles. The standard InChI is InChI=1S/C18H20BNO3/c20-11-14-6-4-13(5-7-14)10-17(21)9-8-15-2-1-3-16-12-23-19(22)18(15)16/h1-7,22H,8-12,20H2. The van der Waals surface area contributed by atoms with Gasteiger partial charge in [0.2, 0.25) is 0 Å². The van der Waals surface area contributed by atoms with Crippen LogP contribution in [0.1, 0.15) is 28.7 Å². The molecule has 0 radical (unpaired) electrons. The van der Waals surface area contributed by atoms with Gasteiger partial charge in [-0.15, -0.1) is 0 Å². The summed E-state index contributed by atoms with van der Waals surface area (Å²) in [4.78, 5) is 12.2. The Bertz CT molecular complexity index is 700. The van der Waals surface area contributed by atoms with Gasteiger partial charge in [0, 0.05) is 19.4 Å². The molecular weight excluding hydrogens is 289 g/mol. The van der Waals surface area contributed by atoms with Gasteiger partial charge in [0.05, 0.1) is 6.61 Å². The van der Waals surface area contributed by atoms with Crippen LogP contribution >= 0.6 is 0 Å². The van der Waals surface area contributed by atoms with Crippen LogP contribution in [0.5, 0.6) is 0 Å². The van der Waals surface area contributed by atoms with Gasteiger partial charge in [-0.25, -0.2) is 0 Å². The number of nitrogens with two attached hydrogens (primary N) is 1. The van der Waals surface area contributed by atoms with Gasteiger partial charge in [-0.3, -0.25) is 4.79 Å². The smallest absolute Gasteiger partial charge is 0.423 e. The average Bonchev–Trinajstić information content (AvgIpc) is 2.96. The Morgan fingerprint density at radius 2 is 1.91 bits per heavy atom. The minimum Gasteiger partial charge on any atom is -0.423 e. The van der Waals surface area contributed by atoms with Crippen LogP contribution in [0.2, 0.25) is 0 Å². The van der Waals surface area contributed by atoms with E-state index in [1.54, 1.807) is 0 Å². The minimum atomic E-state index is -0.861. The summed E-state index contributed by atoms with van der Waals surface area (Å²) in [5.41, 5.74) is 10.5. The highest BCUT2D eigenvalue weighted by Gasteiger charge is 2.29. The molecule has 1 aliphatic rings. The molecule has 0 bridgehead atoms. The van der Waals surface area contributed by atoms with Gasteiger partial charge < -0.3 is 15.4 Å². The Morgan fingerprint density at radius 1 is 1.17 bits per heavy atom. The van der Waals surface area contributed by atoms with Gasteiger partial charge in [-0.1, -0.05) is 42.5 Å². The molecule has 0 spiro atoms. The lowest BCUT2D eigenvalue weighted by Crippen LogP contribution is -2.31. The van der Waals surface area contributed by atoms with Crippen LogP contribution in [0.3, 0.4) is 0 Å². The molecule has 0 amide bonds. The first-order chi connectivity index (χ1) is 11.2. The first kappa shape index (κ1) is 15.9. The van der Waals surface area contributed by atoms with Gasteiger partial charge >= 0.3 is 7.12 Å². The van der Waals surface area contributed by atoms with E-state index < -0.39 is 7.12 Å². The van der Waals surface area contributed by atoms with Crippen LogP contribution in [0.15, 0.2) is 42.5 Å². The van der Waals surface area contributed by atoms with Crippen LogP contribution in [0.25, 0.3) is 0 Å². The first-order valence-corrected chi connectivity index (χ1v) is 7.87. The molecule has 4 nitrogen and oxygen atoms in total. The minimum absolute atomic E-state index is 0.191. The van der Waals surface area contributed by atoms with Crippen molar-refractivity contribution in [2.24, 2.45) is 5.73 Å². The summed E-state index contributed by atoms with van der Waals surface area (Å²) in [6, 6.07) is 13.7. The van der Waals surface area contributed by atoms with Crippen LogP contribution in [0, 0.1) is 0 Å². The summed E-state index contributed by atoms with van der Waals surface area (Å²) < 4.78 is 5.25. The van der Waals surface area contributed by atoms with Crippen molar-refractivity contribution in [2.75, 3.05) is 0 Å². The first-order valence-electron chi connectivity index (χ1n) is 7.87. The molecule has 0 unspecified atom stereocenters. The zero-order chi connectivity index (χ0) is 16.2. The maximum atomic E-state index is 12.2. The third kappa shape index (κ3) is 3.70. The fraction of sp³-hybridized carbons (Fsp3) is 0.278. The van der Waals surface area contributed by atoms with E-state index >= 15 is 0 Å². The van der Waals surface area contributed by atoms with Crippen molar-refractivity contribution >= 4 is 18.4 Å². The van der Waals surface area contributed by atoms with Gasteiger partial charge in [-0.2, -0.15) is 0 Å². The van der Waals surface area contributed by atoms with Crippen molar-refractivity contribution in [3.8, 4) is 0 Å². The third-order valence-corrected chi connectivity index (χ3v) is 4.26. The third-order valence-electron chi connectivity index (χ3n) is 4.26. The van der Waals surface area contributed by atoms with E-state index in [0.717, 1.165) is 27.7 Å². The zero-order valence-electron chi connectivity index (χ0n) is 13.0. The summed E-state index contributed by atoms with van der Waals surface area (Å²) >= 11 is 0. The second-order valence-electron chi connectivity index (χ2n) is 5.89. The summed E-state index contributed by atoms with van der Waals surface area (Å²) in [6.07, 6.45) is 1.52. The molecule has 1 aliphatic heterocycles. The Balaban J connectivity index is 1.60. The van der Waals surface area contributed by atoms with Gasteiger partial charge in [0.15, 0.2) is 0 Å². The molecule has 2 aromatic carbocycles. The number of carbonyl (C=O) groups excluding carboxylic acids is 1. The van der Waals surface area contributed by atoms with Crippen molar-refractivity contribution in [1.29, 1.82) is 0 Å². The van der Waals surface area contributed by atoms with E-state index in [1.807, 2.05) is 42.5 Å². The topological polar surface area (TPSA) is 72.6 Å². The van der Waals surface area contributed by atoms with Crippen molar-refractivity contribution in [3.63, 3.8) is 0 Å². The van der Waals surface area contributed by atoms with Crippen molar-refractivity contribution in [3.05, 3.63) is 64.7 Å². The molecule has 23 heavy (non-hydrogen) atoms. The summed E-state index contributed by atoms with van der Waals surface area (Å²) in [5.74, 6) is 0.191. The lowest BCUT2D eigenvalue weighted by molar-refractivity contribution is -0.118. The largest absolute Gasteiger partial charge is 0.492 e. The highest BCUT2D eigenvalue weighted by molar-refractivity contribution is 6.62. The molecule has 1 heterocycles. The Morgan fingerprint density at radius 3 is 2.65 bits per heavy atom. The molecule has 0 fully saturated rings. The second kappa shape index (κ2) is 7.09. The predicted molar refractivity (Wildman–Crippen MR) is 90.2 cm³/mol. The van der Waals surface area contributed by atoms with Gasteiger partial charge in [-0.05, 0) is 34.1 Å². The average molecular weight is 309 g/mol. The fourth-order valence-electron chi connectivity index (χ4n) is 2.96. The number of ketones is 1. The summed E-state index contributed by atoms with van der Waals surface area (Å²) in [5, 5.41) is 9.89. The molecule has 0 aliphatic carbocycles. The van der Waals surface area contributed by atoms with Crippen LogP contribution in [0.4, 0.5) is 0 Å². The predicted octanol–water partition coefficient (Wildman–Crippen LogP) is 1.11. The molecule has 118 valence electrons. The summed E-state index contributed by atoms with van der Waals surface area (Å²) in [6.45, 7) is 0.948. The second-order valence-corrected chi connectivity index (χ2v) is 5.89. The molecule has 5 heteroatoms. The number of aryl methyl sites for hydroxylation is 1. The lowest BCUT2D eigenvalue weighted by Gasteiger charge is -2.08. The molecule has 0 aromatic heterocycles. The van der Waals surface area contributed by atoms with Crippen LogP contribution in [-0.2, 0) is 35.4 Å². The van der Waals surface area contributed by atoms with Gasteiger partial charge in [0.1, 0.15) is 5.78 Å². The Labute approximate surface area is 136 Å². The molecule has 0 atom stereocenters. The van der Waals surface area contributed by atoms with E-state index in [0.29, 0.717) is 32.4 Å². The quantitative estimate of drug-likeness (QED) is 0.784. The normalized spacial score (nSPS) is 13.2. The van der Waals surface area contributed by atoms with E-state index in [9.17, 15) is 9.82 Å². The van der Waals surface area contributed by atoms with Crippen molar-refractivity contribution in [2.45, 2.75) is 32.4 Å². The number of benzene rings is 2. The van der Waals surface area contributed by atoms with E-state index in [4.69, 9.17) is 10.4 Å². The fourth-order valence-corrected chi connectivity index (χ4v) is 2.96. The molecule has 3 N–H and O–H groups in total. The van der Waals surface area contributed by atoms with Crippen LogP contribution < -0.4 is 11.2 Å². The van der Waals surface area contributed by atoms with Crippen LogP contribution in [-0.4, -0.2) is 17.9 Å². The molecule has 0 saturated heterocycles. The number of hydrogen-bond donors (Lipinski definition) is 2. The maximum Gasteiger partial charge on any atom is 0.492 e. The number of carbonyl (C=O) groups is 1. The molecule has 3 rings (SSSR count). The highest BCUT2D eigenvalue weighted by atomic mass is 16.5.